The van der Waals surface area contributed by atoms with Gasteiger partial charge in [0, 0.05) is 18.7 Å². The number of rotatable bonds is 1. The van der Waals surface area contributed by atoms with E-state index in [1.54, 1.807) is 18.2 Å². The van der Waals surface area contributed by atoms with Gasteiger partial charge in [0.25, 0.3) is 0 Å². The van der Waals surface area contributed by atoms with Crippen molar-refractivity contribution in [2.24, 2.45) is 0 Å². The van der Waals surface area contributed by atoms with Crippen LogP contribution in [0.1, 0.15) is 5.56 Å². The van der Waals surface area contributed by atoms with Crippen LogP contribution < -0.4 is 5.32 Å². The maximum Gasteiger partial charge on any atom is 0.121 e. The van der Waals surface area contributed by atoms with Crippen molar-refractivity contribution in [2.45, 2.75) is 5.60 Å². The number of benzene rings is 1. The Kier molecular flexibility index (Phi) is 1.56. The minimum Gasteiger partial charge on any atom is -0.508 e. The normalized spacial score (nSPS) is 20.1. The fourth-order valence-electron chi connectivity index (χ4n) is 1.42. The Morgan fingerprint density at radius 1 is 1.25 bits per heavy atom. The standard InChI is InChI=1S/C9H11NO2/c11-8-4-2-1-3-7(8)9(12)5-10-6-9/h1-4,10-12H,5-6H2. The second-order valence-corrected chi connectivity index (χ2v) is 3.15. The van der Waals surface area contributed by atoms with Crippen LogP contribution in [0.5, 0.6) is 5.75 Å². The zero-order chi connectivity index (χ0) is 8.60. The SMILES string of the molecule is Oc1ccccc1C1(O)CNC1. The average Bonchev–Trinajstić information content (AvgIpc) is 2.01. The van der Waals surface area contributed by atoms with E-state index in [4.69, 9.17) is 0 Å². The molecule has 0 aliphatic carbocycles. The van der Waals surface area contributed by atoms with Crippen LogP contribution in [0.2, 0.25) is 0 Å². The minimum atomic E-state index is -0.856. The first-order valence-electron chi connectivity index (χ1n) is 3.94. The summed E-state index contributed by atoms with van der Waals surface area (Å²) in [6.07, 6.45) is 0. The van der Waals surface area contributed by atoms with Crippen molar-refractivity contribution in [2.75, 3.05) is 13.1 Å². The molecule has 1 heterocycles. The fraction of sp³-hybridized carbons (Fsp3) is 0.333. The van der Waals surface area contributed by atoms with Crippen molar-refractivity contribution in [3.63, 3.8) is 0 Å². The first kappa shape index (κ1) is 7.58. The first-order chi connectivity index (χ1) is 5.72. The third kappa shape index (κ3) is 0.983. The molecule has 0 spiro atoms. The van der Waals surface area contributed by atoms with Crippen LogP contribution in [0.15, 0.2) is 24.3 Å². The lowest BCUT2D eigenvalue weighted by molar-refractivity contribution is -0.0164. The minimum absolute atomic E-state index is 0.168. The summed E-state index contributed by atoms with van der Waals surface area (Å²) in [6, 6.07) is 6.89. The van der Waals surface area contributed by atoms with Crippen molar-refractivity contribution < 1.29 is 10.2 Å². The number of hydrogen-bond donors (Lipinski definition) is 3. The van der Waals surface area contributed by atoms with Crippen molar-refractivity contribution in [1.82, 2.24) is 5.32 Å². The van der Waals surface area contributed by atoms with E-state index in [0.29, 0.717) is 18.7 Å². The lowest BCUT2D eigenvalue weighted by Gasteiger charge is -2.38. The molecule has 0 bridgehead atoms. The maximum atomic E-state index is 9.84. The fourth-order valence-corrected chi connectivity index (χ4v) is 1.42. The molecule has 2 rings (SSSR count). The molecule has 1 aliphatic rings. The molecule has 64 valence electrons. The second kappa shape index (κ2) is 2.47. The second-order valence-electron chi connectivity index (χ2n) is 3.15. The van der Waals surface area contributed by atoms with Gasteiger partial charge in [0.15, 0.2) is 0 Å². The van der Waals surface area contributed by atoms with E-state index in [0.717, 1.165) is 0 Å². The first-order valence-corrected chi connectivity index (χ1v) is 3.94. The van der Waals surface area contributed by atoms with Crippen LogP contribution in [0.25, 0.3) is 0 Å². The predicted octanol–water partition coefficient (Wildman–Crippen LogP) is 0.183. The molecule has 1 fully saturated rings. The summed E-state index contributed by atoms with van der Waals surface area (Å²) in [6.45, 7) is 1.04. The Morgan fingerprint density at radius 2 is 1.92 bits per heavy atom. The molecule has 0 amide bonds. The van der Waals surface area contributed by atoms with Gasteiger partial charge in [0.05, 0.1) is 0 Å². The monoisotopic (exact) mass is 165 g/mol. The van der Waals surface area contributed by atoms with Crippen LogP contribution in [0.3, 0.4) is 0 Å². The summed E-state index contributed by atoms with van der Waals surface area (Å²) in [5, 5.41) is 22.2. The average molecular weight is 165 g/mol. The van der Waals surface area contributed by atoms with Gasteiger partial charge in [0.2, 0.25) is 0 Å². The van der Waals surface area contributed by atoms with Gasteiger partial charge in [0.1, 0.15) is 11.4 Å². The molecule has 1 saturated heterocycles. The molecule has 0 atom stereocenters. The topological polar surface area (TPSA) is 52.5 Å². The van der Waals surface area contributed by atoms with E-state index in [1.165, 1.54) is 0 Å². The van der Waals surface area contributed by atoms with Crippen molar-refractivity contribution in [3.05, 3.63) is 29.8 Å². The van der Waals surface area contributed by atoms with Crippen LogP contribution in [-0.2, 0) is 5.60 Å². The number of hydrogen-bond acceptors (Lipinski definition) is 3. The third-order valence-corrected chi connectivity index (χ3v) is 2.24. The van der Waals surface area contributed by atoms with Crippen LogP contribution in [0.4, 0.5) is 0 Å². The molecule has 1 aromatic rings. The number of phenolic OH excluding ortho intramolecular Hbond substituents is 1. The van der Waals surface area contributed by atoms with E-state index in [9.17, 15) is 10.2 Å². The van der Waals surface area contributed by atoms with E-state index >= 15 is 0 Å². The quantitative estimate of drug-likeness (QED) is 0.556. The number of aromatic hydroxyl groups is 1. The summed E-state index contributed by atoms with van der Waals surface area (Å²) in [5.41, 5.74) is -0.241. The van der Waals surface area contributed by atoms with Crippen molar-refractivity contribution in [1.29, 1.82) is 0 Å². The van der Waals surface area contributed by atoms with E-state index in [-0.39, 0.29) is 5.75 Å². The number of nitrogens with one attached hydrogen (secondary N) is 1. The van der Waals surface area contributed by atoms with Gasteiger partial charge in [-0.3, -0.25) is 0 Å². The van der Waals surface area contributed by atoms with Crippen molar-refractivity contribution in [3.8, 4) is 5.75 Å². The van der Waals surface area contributed by atoms with E-state index < -0.39 is 5.60 Å². The van der Waals surface area contributed by atoms with E-state index in [2.05, 4.69) is 5.32 Å². The molecular weight excluding hydrogens is 154 g/mol. The zero-order valence-electron chi connectivity index (χ0n) is 6.62. The summed E-state index contributed by atoms with van der Waals surface area (Å²) in [7, 11) is 0. The highest BCUT2D eigenvalue weighted by Gasteiger charge is 2.37. The largest absolute Gasteiger partial charge is 0.508 e. The number of para-hydroxylation sites is 1. The molecule has 12 heavy (non-hydrogen) atoms. The van der Waals surface area contributed by atoms with E-state index in [1.807, 2.05) is 6.07 Å². The molecule has 3 N–H and O–H groups in total. The van der Waals surface area contributed by atoms with Crippen LogP contribution >= 0.6 is 0 Å². The van der Waals surface area contributed by atoms with Gasteiger partial charge >= 0.3 is 0 Å². The van der Waals surface area contributed by atoms with Gasteiger partial charge in [-0.05, 0) is 6.07 Å². The highest BCUT2D eigenvalue weighted by Crippen LogP contribution is 2.31. The summed E-state index contributed by atoms with van der Waals surface area (Å²) < 4.78 is 0. The summed E-state index contributed by atoms with van der Waals surface area (Å²) in [5.74, 6) is 0.168. The number of aliphatic hydroxyl groups is 1. The van der Waals surface area contributed by atoms with Gasteiger partial charge in [-0.25, -0.2) is 0 Å². The van der Waals surface area contributed by atoms with Gasteiger partial charge in [-0.15, -0.1) is 0 Å². The van der Waals surface area contributed by atoms with Gasteiger partial charge in [-0.1, -0.05) is 18.2 Å². The Bertz CT molecular complexity index is 294. The van der Waals surface area contributed by atoms with Gasteiger partial charge < -0.3 is 15.5 Å². The number of β-amino-alcohol motifs (C(OH)–C–C–N with tert-alkyl or cyclic N) is 1. The molecule has 0 radical (unpaired) electrons. The Morgan fingerprint density at radius 3 is 2.42 bits per heavy atom. The lowest BCUT2D eigenvalue weighted by Crippen LogP contribution is -2.56. The molecular formula is C9H11NO2. The zero-order valence-corrected chi connectivity index (χ0v) is 6.62. The molecule has 1 aliphatic heterocycles. The summed E-state index contributed by atoms with van der Waals surface area (Å²) in [4.78, 5) is 0. The summed E-state index contributed by atoms with van der Waals surface area (Å²) >= 11 is 0. The number of phenols is 1. The smallest absolute Gasteiger partial charge is 0.121 e. The van der Waals surface area contributed by atoms with Crippen molar-refractivity contribution >= 4 is 0 Å². The molecule has 3 heteroatoms. The highest BCUT2D eigenvalue weighted by atomic mass is 16.3. The Hall–Kier alpha value is -1.06. The third-order valence-electron chi connectivity index (χ3n) is 2.24. The predicted molar refractivity (Wildman–Crippen MR) is 44.9 cm³/mol. The maximum absolute atomic E-state index is 9.84. The van der Waals surface area contributed by atoms with Crippen LogP contribution in [-0.4, -0.2) is 23.3 Å². The molecule has 1 aromatic carbocycles. The molecule has 3 nitrogen and oxygen atoms in total. The lowest BCUT2D eigenvalue weighted by atomic mass is 9.88. The molecule has 0 unspecified atom stereocenters. The Labute approximate surface area is 70.7 Å². The van der Waals surface area contributed by atoms with Crippen LogP contribution in [0, 0.1) is 0 Å². The Balaban J connectivity index is 2.39. The molecule has 0 saturated carbocycles. The van der Waals surface area contributed by atoms with Gasteiger partial charge in [-0.2, -0.15) is 0 Å². The highest BCUT2D eigenvalue weighted by molar-refractivity contribution is 5.38. The molecule has 0 aromatic heterocycles.